The Morgan fingerprint density at radius 3 is 2.68 bits per heavy atom. The van der Waals surface area contributed by atoms with Gasteiger partial charge in [-0.2, -0.15) is 0 Å². The molecule has 10 nitrogen and oxygen atoms in total. The molecule has 0 bridgehead atoms. The molecule has 0 saturated heterocycles. The topological polar surface area (TPSA) is 149 Å². The lowest BCUT2D eigenvalue weighted by Crippen LogP contribution is -2.33. The number of hydrogen-bond donors (Lipinski definition) is 4. The normalized spacial score (nSPS) is 14.4. The van der Waals surface area contributed by atoms with E-state index in [-0.39, 0.29) is 55.1 Å². The number of pyridine rings is 1. The summed E-state index contributed by atoms with van der Waals surface area (Å²) in [5, 5.41) is 32.2. The van der Waals surface area contributed by atoms with Crippen LogP contribution in [0.2, 0.25) is 0 Å². The van der Waals surface area contributed by atoms with Crippen LogP contribution in [0, 0.1) is 5.82 Å². The number of Topliss-reactive ketones (excluding diaryl/α,β-unsaturated/α-hetero) is 1. The van der Waals surface area contributed by atoms with Gasteiger partial charge in [-0.25, -0.2) is 4.39 Å². The average molecular weight is 526 g/mol. The molecular formula is C27H28FN3O7. The van der Waals surface area contributed by atoms with Gasteiger partial charge in [0, 0.05) is 43.2 Å². The number of amides is 2. The van der Waals surface area contributed by atoms with Crippen LogP contribution in [0.25, 0.3) is 10.9 Å². The van der Waals surface area contributed by atoms with Crippen LogP contribution < -0.4 is 5.32 Å². The number of aromatic hydroxyl groups is 1. The zero-order valence-corrected chi connectivity index (χ0v) is 20.7. The van der Waals surface area contributed by atoms with E-state index in [1.54, 1.807) is 31.2 Å². The van der Waals surface area contributed by atoms with Crippen molar-refractivity contribution in [1.29, 1.82) is 0 Å². The highest BCUT2D eigenvalue weighted by atomic mass is 19.1. The minimum atomic E-state index is -1.45. The predicted octanol–water partition coefficient (Wildman–Crippen LogP) is 1.68. The second-order valence-corrected chi connectivity index (χ2v) is 9.07. The molecule has 1 aromatic heterocycles. The highest BCUT2D eigenvalue weighted by molar-refractivity contribution is 6.15. The number of ether oxygens (including phenoxy) is 1. The van der Waals surface area contributed by atoms with Gasteiger partial charge in [-0.15, -0.1) is 0 Å². The number of phenolic OH excluding ortho intramolecular Hbond substituents is 1. The summed E-state index contributed by atoms with van der Waals surface area (Å²) in [6, 6.07) is 8.99. The molecule has 0 aliphatic carbocycles. The third-order valence-corrected chi connectivity index (χ3v) is 6.35. The number of aliphatic hydroxyl groups is 2. The average Bonchev–Trinajstić information content (AvgIpc) is 3.23. The van der Waals surface area contributed by atoms with Gasteiger partial charge in [0.15, 0.2) is 11.5 Å². The summed E-state index contributed by atoms with van der Waals surface area (Å²) in [6.45, 7) is 1.35. The first kappa shape index (κ1) is 27.1. The molecule has 0 fully saturated rings. The van der Waals surface area contributed by atoms with Crippen molar-refractivity contribution in [2.75, 3.05) is 19.8 Å². The van der Waals surface area contributed by atoms with Crippen LogP contribution in [-0.4, -0.2) is 74.8 Å². The molecule has 0 saturated carbocycles. The number of carbonyl (C=O) groups excluding carboxylic acids is 3. The van der Waals surface area contributed by atoms with E-state index in [9.17, 15) is 29.0 Å². The first-order valence-electron chi connectivity index (χ1n) is 12.1. The fraction of sp³-hybridized carbons (Fsp3) is 0.333. The molecule has 38 heavy (non-hydrogen) atoms. The van der Waals surface area contributed by atoms with Crippen LogP contribution in [0.4, 0.5) is 4.39 Å². The third-order valence-electron chi connectivity index (χ3n) is 6.35. The maximum Gasteiger partial charge on any atom is 0.258 e. The lowest BCUT2D eigenvalue weighted by molar-refractivity contribution is -0.130. The molecule has 3 aromatic rings. The highest BCUT2D eigenvalue weighted by Crippen LogP contribution is 2.39. The number of fused-ring (bicyclic) bond motifs is 2. The second-order valence-electron chi connectivity index (χ2n) is 9.07. The number of phenols is 1. The van der Waals surface area contributed by atoms with Crippen molar-refractivity contribution in [3.63, 3.8) is 0 Å². The van der Waals surface area contributed by atoms with E-state index < -0.39 is 42.2 Å². The van der Waals surface area contributed by atoms with Crippen molar-refractivity contribution in [3.05, 3.63) is 70.7 Å². The number of hydrogen-bond acceptors (Lipinski definition) is 8. The van der Waals surface area contributed by atoms with E-state index in [1.165, 1.54) is 23.2 Å². The van der Waals surface area contributed by atoms with Gasteiger partial charge < -0.3 is 30.3 Å². The SMILES string of the molecule is C[C@H](CNC(=O)c1c2c(c(O)c3ncccc13)C(=O)N(Cc1ccc(F)cc1)C2)OCCC(=O)C(O)CO. The van der Waals surface area contributed by atoms with Crippen LogP contribution in [0.15, 0.2) is 42.6 Å². The lowest BCUT2D eigenvalue weighted by atomic mass is 9.96. The lowest BCUT2D eigenvalue weighted by Gasteiger charge is -2.17. The molecule has 1 unspecified atom stereocenters. The van der Waals surface area contributed by atoms with Gasteiger partial charge in [0.25, 0.3) is 11.8 Å². The van der Waals surface area contributed by atoms with E-state index in [1.807, 2.05) is 0 Å². The number of aliphatic hydroxyl groups excluding tert-OH is 2. The molecule has 0 spiro atoms. The Labute approximate surface area is 217 Å². The smallest absolute Gasteiger partial charge is 0.258 e. The summed E-state index contributed by atoms with van der Waals surface area (Å²) in [7, 11) is 0. The molecule has 1 aliphatic heterocycles. The Kier molecular flexibility index (Phi) is 8.30. The van der Waals surface area contributed by atoms with Crippen molar-refractivity contribution in [2.24, 2.45) is 0 Å². The maximum atomic E-state index is 13.4. The molecule has 1 aliphatic rings. The molecular weight excluding hydrogens is 497 g/mol. The quantitative estimate of drug-likeness (QED) is 0.296. The van der Waals surface area contributed by atoms with E-state index in [0.717, 1.165) is 0 Å². The second kappa shape index (κ2) is 11.6. The van der Waals surface area contributed by atoms with Gasteiger partial charge in [-0.1, -0.05) is 18.2 Å². The van der Waals surface area contributed by atoms with Gasteiger partial charge in [0.1, 0.15) is 17.4 Å². The Hall–Kier alpha value is -3.93. The number of aromatic nitrogens is 1. The van der Waals surface area contributed by atoms with E-state index in [0.29, 0.717) is 16.5 Å². The van der Waals surface area contributed by atoms with Crippen LogP contribution in [0.1, 0.15) is 45.2 Å². The third kappa shape index (κ3) is 5.64. The minimum absolute atomic E-state index is 0.00123. The Bertz CT molecular complexity index is 1360. The number of nitrogens with zero attached hydrogens (tertiary/aromatic N) is 2. The van der Waals surface area contributed by atoms with Gasteiger partial charge in [-0.3, -0.25) is 19.4 Å². The highest BCUT2D eigenvalue weighted by Gasteiger charge is 2.36. The molecule has 2 amide bonds. The Morgan fingerprint density at radius 2 is 1.97 bits per heavy atom. The maximum absolute atomic E-state index is 13.4. The zero-order valence-electron chi connectivity index (χ0n) is 20.7. The first-order chi connectivity index (χ1) is 18.2. The predicted molar refractivity (Wildman–Crippen MR) is 134 cm³/mol. The first-order valence-corrected chi connectivity index (χ1v) is 12.1. The number of carbonyl (C=O) groups is 3. The van der Waals surface area contributed by atoms with Gasteiger partial charge >= 0.3 is 0 Å². The van der Waals surface area contributed by atoms with Gasteiger partial charge in [0.2, 0.25) is 0 Å². The van der Waals surface area contributed by atoms with Crippen molar-refractivity contribution < 1.29 is 38.8 Å². The van der Waals surface area contributed by atoms with Crippen LogP contribution in [0.5, 0.6) is 5.75 Å². The van der Waals surface area contributed by atoms with Crippen LogP contribution in [-0.2, 0) is 22.6 Å². The van der Waals surface area contributed by atoms with E-state index in [4.69, 9.17) is 9.84 Å². The Balaban J connectivity index is 1.53. The van der Waals surface area contributed by atoms with E-state index in [2.05, 4.69) is 10.3 Å². The monoisotopic (exact) mass is 525 g/mol. The fourth-order valence-corrected chi connectivity index (χ4v) is 4.36. The molecule has 2 atom stereocenters. The molecule has 4 N–H and O–H groups in total. The molecule has 4 rings (SSSR count). The number of rotatable bonds is 11. The largest absolute Gasteiger partial charge is 0.505 e. The summed E-state index contributed by atoms with van der Waals surface area (Å²) in [5.41, 5.74) is 1.40. The van der Waals surface area contributed by atoms with Gasteiger partial charge in [-0.05, 0) is 30.7 Å². The van der Waals surface area contributed by atoms with Crippen molar-refractivity contribution in [1.82, 2.24) is 15.2 Å². The molecule has 2 heterocycles. The molecule has 11 heteroatoms. The summed E-state index contributed by atoms with van der Waals surface area (Å²) in [6.07, 6.45) is -0.563. The summed E-state index contributed by atoms with van der Waals surface area (Å²) in [4.78, 5) is 43.9. The summed E-state index contributed by atoms with van der Waals surface area (Å²) < 4.78 is 18.9. The van der Waals surface area contributed by atoms with Crippen molar-refractivity contribution in [3.8, 4) is 5.75 Å². The van der Waals surface area contributed by atoms with Gasteiger partial charge in [0.05, 0.1) is 30.4 Å². The minimum Gasteiger partial charge on any atom is -0.505 e. The number of halogens is 1. The summed E-state index contributed by atoms with van der Waals surface area (Å²) >= 11 is 0. The summed E-state index contributed by atoms with van der Waals surface area (Å²) in [5.74, 6) is -2.19. The number of nitrogens with one attached hydrogen (secondary N) is 1. The fourth-order valence-electron chi connectivity index (χ4n) is 4.36. The van der Waals surface area contributed by atoms with Crippen LogP contribution >= 0.6 is 0 Å². The Morgan fingerprint density at radius 1 is 1.24 bits per heavy atom. The molecule has 0 radical (unpaired) electrons. The number of benzene rings is 2. The van der Waals surface area contributed by atoms with E-state index >= 15 is 0 Å². The number of ketones is 1. The molecule has 2 aromatic carbocycles. The van der Waals surface area contributed by atoms with Crippen LogP contribution in [0.3, 0.4) is 0 Å². The standard InChI is InChI=1S/C27H28FN3O7/c1-15(38-10-8-20(33)21(34)14-32)11-30-26(36)22-18-3-2-9-29-24(18)25(35)23-19(22)13-31(27(23)37)12-16-4-6-17(28)7-5-16/h2-7,9,15,21,32,34-35H,8,10-14H2,1H3,(H,30,36)/t15-,21?/m1/s1. The van der Waals surface area contributed by atoms with Crippen molar-refractivity contribution >= 4 is 28.5 Å². The van der Waals surface area contributed by atoms with Crippen molar-refractivity contribution in [2.45, 2.75) is 38.6 Å². The zero-order chi connectivity index (χ0) is 27.4. The molecule has 200 valence electrons.